The number of amides is 1. The average molecular weight is 499 g/mol. The molecule has 0 bridgehead atoms. The van der Waals surface area contributed by atoms with Crippen LogP contribution in [0.2, 0.25) is 5.02 Å². The predicted octanol–water partition coefficient (Wildman–Crippen LogP) is 5.78. The number of ether oxygens (including phenoxy) is 2. The zero-order valence-corrected chi connectivity index (χ0v) is 21.0. The fraction of sp³-hybridized carbons (Fsp3) is 0.320. The molecule has 0 fully saturated rings. The van der Waals surface area contributed by atoms with Crippen molar-refractivity contribution >= 4 is 44.2 Å². The number of thiazole rings is 1. The Hall–Kier alpha value is -3.10. The van der Waals surface area contributed by atoms with Crippen molar-refractivity contribution in [2.45, 2.75) is 32.7 Å². The van der Waals surface area contributed by atoms with E-state index in [2.05, 4.69) is 18.8 Å². The van der Waals surface area contributed by atoms with Crippen molar-refractivity contribution in [1.82, 2.24) is 14.5 Å². The number of nitrogens with zero attached hydrogens (tertiary/aromatic N) is 4. The Labute approximate surface area is 207 Å². The molecule has 2 aromatic carbocycles. The first-order valence-electron chi connectivity index (χ1n) is 11.1. The molecule has 9 heteroatoms. The number of aryl methyl sites for hydroxylation is 1. The minimum atomic E-state index is -0.173. The molecule has 4 aromatic rings. The Morgan fingerprint density at radius 1 is 1.21 bits per heavy atom. The van der Waals surface area contributed by atoms with Crippen LogP contribution >= 0.6 is 22.9 Å². The summed E-state index contributed by atoms with van der Waals surface area (Å²) in [5.74, 6) is 1.54. The van der Waals surface area contributed by atoms with Crippen LogP contribution in [-0.2, 0) is 11.3 Å². The molecular weight excluding hydrogens is 472 g/mol. The lowest BCUT2D eigenvalue weighted by molar-refractivity contribution is -0.120. The molecule has 0 radical (unpaired) electrons. The van der Waals surface area contributed by atoms with E-state index >= 15 is 0 Å². The summed E-state index contributed by atoms with van der Waals surface area (Å²) in [6.07, 6.45) is 6.13. The van der Waals surface area contributed by atoms with E-state index in [1.165, 1.54) is 16.9 Å². The maximum absolute atomic E-state index is 13.3. The molecule has 0 atom stereocenters. The molecule has 0 saturated carbocycles. The SMILES string of the molecule is COc1ccc(Cl)c2sc(N(CCCn3ccnc3)C(=O)COc3ccc(C(C)C)cc3)nc12. The van der Waals surface area contributed by atoms with Crippen molar-refractivity contribution < 1.29 is 14.3 Å². The second kappa shape index (κ2) is 10.9. The quantitative estimate of drug-likeness (QED) is 0.277. The first-order chi connectivity index (χ1) is 16.5. The minimum absolute atomic E-state index is 0.0904. The monoisotopic (exact) mass is 498 g/mol. The third-order valence-corrected chi connectivity index (χ3v) is 7.00. The summed E-state index contributed by atoms with van der Waals surface area (Å²) in [7, 11) is 1.59. The highest BCUT2D eigenvalue weighted by atomic mass is 35.5. The Bertz CT molecular complexity index is 1240. The van der Waals surface area contributed by atoms with Crippen molar-refractivity contribution in [3.05, 3.63) is 65.7 Å². The number of imidazole rings is 1. The molecule has 2 heterocycles. The van der Waals surface area contributed by atoms with Gasteiger partial charge in [-0.25, -0.2) is 9.97 Å². The zero-order valence-electron chi connectivity index (χ0n) is 19.4. The van der Waals surface area contributed by atoms with Crippen LogP contribution in [0.15, 0.2) is 55.1 Å². The number of carbonyl (C=O) groups is 1. The zero-order chi connectivity index (χ0) is 24.1. The van der Waals surface area contributed by atoms with Gasteiger partial charge < -0.3 is 14.0 Å². The second-order valence-corrected chi connectivity index (χ2v) is 9.52. The summed E-state index contributed by atoms with van der Waals surface area (Å²) < 4.78 is 14.0. The lowest BCUT2D eigenvalue weighted by Crippen LogP contribution is -2.36. The van der Waals surface area contributed by atoms with Crippen LogP contribution in [0.25, 0.3) is 10.2 Å². The van der Waals surface area contributed by atoms with E-state index < -0.39 is 0 Å². The summed E-state index contributed by atoms with van der Waals surface area (Å²) in [4.78, 5) is 23.7. The summed E-state index contributed by atoms with van der Waals surface area (Å²) in [6.45, 7) is 5.40. The van der Waals surface area contributed by atoms with Gasteiger partial charge in [-0.05, 0) is 42.2 Å². The Morgan fingerprint density at radius 2 is 2.00 bits per heavy atom. The fourth-order valence-corrected chi connectivity index (χ4v) is 4.85. The summed E-state index contributed by atoms with van der Waals surface area (Å²) >= 11 is 7.78. The van der Waals surface area contributed by atoms with Gasteiger partial charge in [-0.3, -0.25) is 9.69 Å². The van der Waals surface area contributed by atoms with Gasteiger partial charge in [0.05, 0.1) is 23.2 Å². The van der Waals surface area contributed by atoms with Gasteiger partial charge in [-0.2, -0.15) is 0 Å². The molecule has 178 valence electrons. The summed E-state index contributed by atoms with van der Waals surface area (Å²) in [5, 5.41) is 1.14. The number of methoxy groups -OCH3 is 1. The second-order valence-electron chi connectivity index (χ2n) is 8.14. The Kier molecular flexibility index (Phi) is 7.70. The lowest BCUT2D eigenvalue weighted by atomic mass is 10.0. The molecular formula is C25H27ClN4O3S. The van der Waals surface area contributed by atoms with E-state index in [4.69, 9.17) is 26.1 Å². The largest absolute Gasteiger partial charge is 0.494 e. The Balaban J connectivity index is 1.54. The molecule has 0 N–H and O–H groups in total. The highest BCUT2D eigenvalue weighted by Gasteiger charge is 2.22. The maximum Gasteiger partial charge on any atom is 0.266 e. The number of hydrogen-bond acceptors (Lipinski definition) is 6. The van der Waals surface area contributed by atoms with Gasteiger partial charge in [-0.15, -0.1) is 0 Å². The number of anilines is 1. The van der Waals surface area contributed by atoms with Gasteiger partial charge in [0.2, 0.25) is 0 Å². The van der Waals surface area contributed by atoms with Gasteiger partial charge in [0.25, 0.3) is 5.91 Å². The van der Waals surface area contributed by atoms with Gasteiger partial charge in [0.1, 0.15) is 17.0 Å². The molecule has 1 amide bonds. The normalized spacial score (nSPS) is 11.2. The number of carbonyl (C=O) groups excluding carboxylic acids is 1. The molecule has 0 aliphatic heterocycles. The van der Waals surface area contributed by atoms with E-state index in [9.17, 15) is 4.79 Å². The van der Waals surface area contributed by atoms with Gasteiger partial charge in [-0.1, -0.05) is 48.9 Å². The third-order valence-electron chi connectivity index (χ3n) is 5.47. The topological polar surface area (TPSA) is 69.5 Å². The summed E-state index contributed by atoms with van der Waals surface area (Å²) in [5.41, 5.74) is 1.87. The van der Waals surface area contributed by atoms with Crippen molar-refractivity contribution in [2.75, 3.05) is 25.2 Å². The van der Waals surface area contributed by atoms with Gasteiger partial charge in [0.15, 0.2) is 11.7 Å². The smallest absolute Gasteiger partial charge is 0.266 e. The molecule has 0 aliphatic rings. The molecule has 7 nitrogen and oxygen atoms in total. The van der Waals surface area contributed by atoms with Crippen molar-refractivity contribution in [1.29, 1.82) is 0 Å². The lowest BCUT2D eigenvalue weighted by Gasteiger charge is -2.20. The molecule has 0 saturated heterocycles. The number of benzene rings is 2. The van der Waals surface area contributed by atoms with E-state index in [-0.39, 0.29) is 12.5 Å². The van der Waals surface area contributed by atoms with Crippen LogP contribution in [0.4, 0.5) is 5.13 Å². The minimum Gasteiger partial charge on any atom is -0.494 e. The molecule has 0 unspecified atom stereocenters. The molecule has 34 heavy (non-hydrogen) atoms. The van der Waals surface area contributed by atoms with Gasteiger partial charge in [0, 0.05) is 25.5 Å². The van der Waals surface area contributed by atoms with Crippen molar-refractivity contribution in [3.63, 3.8) is 0 Å². The van der Waals surface area contributed by atoms with Crippen molar-refractivity contribution in [2.24, 2.45) is 0 Å². The predicted molar refractivity (Wildman–Crippen MR) is 136 cm³/mol. The van der Waals surface area contributed by atoms with Crippen LogP contribution in [-0.4, -0.2) is 40.7 Å². The van der Waals surface area contributed by atoms with E-state index in [1.54, 1.807) is 36.7 Å². The maximum atomic E-state index is 13.3. The standard InChI is InChI=1S/C25H27ClN4O3S/c1-17(2)18-5-7-19(8-6-18)33-15-22(31)30(13-4-12-29-14-11-27-16-29)25-28-23-21(32-3)10-9-20(26)24(23)34-25/h5-11,14,16-17H,4,12-13,15H2,1-3H3. The van der Waals surface area contributed by atoms with E-state index in [0.29, 0.717) is 39.6 Å². The molecule has 0 aliphatic carbocycles. The van der Waals surface area contributed by atoms with E-state index in [0.717, 1.165) is 17.7 Å². The van der Waals surface area contributed by atoms with Crippen LogP contribution in [0.3, 0.4) is 0 Å². The van der Waals surface area contributed by atoms with E-state index in [1.807, 2.05) is 35.0 Å². The van der Waals surface area contributed by atoms with Crippen LogP contribution in [0.5, 0.6) is 11.5 Å². The first-order valence-corrected chi connectivity index (χ1v) is 12.3. The number of fused-ring (bicyclic) bond motifs is 1. The molecule has 0 spiro atoms. The number of halogens is 1. The van der Waals surface area contributed by atoms with Gasteiger partial charge >= 0.3 is 0 Å². The third kappa shape index (κ3) is 5.51. The highest BCUT2D eigenvalue weighted by molar-refractivity contribution is 7.23. The van der Waals surface area contributed by atoms with Crippen LogP contribution in [0.1, 0.15) is 31.7 Å². The van der Waals surface area contributed by atoms with Crippen LogP contribution in [0, 0.1) is 0 Å². The van der Waals surface area contributed by atoms with Crippen LogP contribution < -0.4 is 14.4 Å². The molecule has 4 rings (SSSR count). The average Bonchev–Trinajstić information content (AvgIpc) is 3.51. The summed E-state index contributed by atoms with van der Waals surface area (Å²) in [6, 6.07) is 11.4. The van der Waals surface area contributed by atoms with Crippen molar-refractivity contribution in [3.8, 4) is 11.5 Å². The Morgan fingerprint density at radius 3 is 2.68 bits per heavy atom. The molecule has 2 aromatic heterocycles. The highest BCUT2D eigenvalue weighted by Crippen LogP contribution is 2.38. The number of rotatable bonds is 10. The number of hydrogen-bond donors (Lipinski definition) is 0. The first kappa shape index (κ1) is 24.0. The number of aromatic nitrogens is 3. The fourth-order valence-electron chi connectivity index (χ4n) is 3.55.